The molecule has 2 rings (SSSR count). The molecule has 1 aromatic heterocycles. The zero-order chi connectivity index (χ0) is 8.06. The van der Waals surface area contributed by atoms with Crippen molar-refractivity contribution in [1.82, 2.24) is 10.2 Å². The fraction of sp³-hybridized carbons (Fsp3) is 0.500. The van der Waals surface area contributed by atoms with Gasteiger partial charge in [-0.3, -0.25) is 9.89 Å². The van der Waals surface area contributed by atoms with Crippen LogP contribution in [0.2, 0.25) is 0 Å². The Morgan fingerprint density at radius 2 is 2.36 bits per heavy atom. The Bertz CT molecular complexity index is 312. The molecule has 0 spiro atoms. The Balaban J connectivity index is 2.54. The van der Waals surface area contributed by atoms with Crippen molar-refractivity contribution in [1.29, 1.82) is 0 Å². The van der Waals surface area contributed by atoms with Crippen LogP contribution < -0.4 is 0 Å². The molecule has 0 radical (unpaired) electrons. The van der Waals surface area contributed by atoms with Gasteiger partial charge in [0.2, 0.25) is 0 Å². The quantitative estimate of drug-likeness (QED) is 0.603. The van der Waals surface area contributed by atoms with Gasteiger partial charge in [0, 0.05) is 17.5 Å². The average Bonchev–Trinajstić information content (AvgIpc) is 2.39. The molecule has 1 N–H and O–H groups in total. The van der Waals surface area contributed by atoms with Crippen LogP contribution in [0.25, 0.3) is 0 Å². The van der Waals surface area contributed by atoms with Crippen molar-refractivity contribution in [2.45, 2.75) is 20.3 Å². The van der Waals surface area contributed by atoms with E-state index in [0.717, 1.165) is 17.7 Å². The highest BCUT2D eigenvalue weighted by Gasteiger charge is 2.38. The molecule has 3 heteroatoms. The van der Waals surface area contributed by atoms with Gasteiger partial charge in [0.1, 0.15) is 0 Å². The maximum atomic E-state index is 11.5. The van der Waals surface area contributed by atoms with Crippen LogP contribution in [0.3, 0.4) is 0 Å². The number of nitrogens with one attached hydrogen (secondary N) is 1. The SMILES string of the molecule is CC1(C)Cc2[nH]ncc2C1=O. The third kappa shape index (κ3) is 0.737. The lowest BCUT2D eigenvalue weighted by atomic mass is 9.89. The van der Waals surface area contributed by atoms with Crippen LogP contribution in [-0.2, 0) is 6.42 Å². The van der Waals surface area contributed by atoms with Gasteiger partial charge in [-0.25, -0.2) is 0 Å². The lowest BCUT2D eigenvalue weighted by Gasteiger charge is -2.12. The van der Waals surface area contributed by atoms with E-state index in [2.05, 4.69) is 10.2 Å². The molecule has 11 heavy (non-hydrogen) atoms. The summed E-state index contributed by atoms with van der Waals surface area (Å²) in [5, 5.41) is 6.65. The van der Waals surface area contributed by atoms with Gasteiger partial charge in [-0.2, -0.15) is 5.10 Å². The van der Waals surface area contributed by atoms with Crippen molar-refractivity contribution in [3.05, 3.63) is 17.5 Å². The zero-order valence-corrected chi connectivity index (χ0v) is 6.64. The van der Waals surface area contributed by atoms with Gasteiger partial charge in [0.25, 0.3) is 0 Å². The van der Waals surface area contributed by atoms with Gasteiger partial charge in [0.05, 0.1) is 11.8 Å². The van der Waals surface area contributed by atoms with Gasteiger partial charge < -0.3 is 0 Å². The van der Waals surface area contributed by atoms with E-state index < -0.39 is 0 Å². The summed E-state index contributed by atoms with van der Waals surface area (Å²) in [7, 11) is 0. The molecule has 0 aromatic carbocycles. The molecule has 0 unspecified atom stereocenters. The second-order valence-corrected chi connectivity index (χ2v) is 3.65. The normalized spacial score (nSPS) is 20.4. The monoisotopic (exact) mass is 150 g/mol. The van der Waals surface area contributed by atoms with E-state index in [9.17, 15) is 4.79 Å². The summed E-state index contributed by atoms with van der Waals surface area (Å²) >= 11 is 0. The number of H-pyrrole nitrogens is 1. The van der Waals surface area contributed by atoms with Gasteiger partial charge >= 0.3 is 0 Å². The molecule has 0 bridgehead atoms. The first-order valence-electron chi connectivity index (χ1n) is 3.68. The third-order valence-electron chi connectivity index (χ3n) is 2.20. The van der Waals surface area contributed by atoms with Gasteiger partial charge in [-0.05, 0) is 0 Å². The summed E-state index contributed by atoms with van der Waals surface area (Å²) in [5.74, 6) is 0.209. The molecule has 58 valence electrons. The van der Waals surface area contributed by atoms with Crippen LogP contribution in [0.15, 0.2) is 6.20 Å². The molecule has 0 fully saturated rings. The number of fused-ring (bicyclic) bond motifs is 1. The molecule has 1 aromatic rings. The molecular weight excluding hydrogens is 140 g/mol. The third-order valence-corrected chi connectivity index (χ3v) is 2.20. The fourth-order valence-electron chi connectivity index (χ4n) is 1.53. The summed E-state index contributed by atoms with van der Waals surface area (Å²) in [4.78, 5) is 11.5. The highest BCUT2D eigenvalue weighted by Crippen LogP contribution is 2.34. The van der Waals surface area contributed by atoms with Gasteiger partial charge in [0.15, 0.2) is 5.78 Å². The smallest absolute Gasteiger partial charge is 0.172 e. The van der Waals surface area contributed by atoms with Crippen molar-refractivity contribution >= 4 is 5.78 Å². The van der Waals surface area contributed by atoms with Crippen LogP contribution in [-0.4, -0.2) is 16.0 Å². The first-order chi connectivity index (χ1) is 5.11. The molecule has 0 amide bonds. The first-order valence-corrected chi connectivity index (χ1v) is 3.68. The second-order valence-electron chi connectivity index (χ2n) is 3.65. The lowest BCUT2D eigenvalue weighted by Crippen LogP contribution is -2.19. The van der Waals surface area contributed by atoms with Crippen LogP contribution in [0.5, 0.6) is 0 Å². The van der Waals surface area contributed by atoms with E-state index in [1.165, 1.54) is 0 Å². The number of aromatic amines is 1. The molecule has 0 saturated carbocycles. The molecule has 1 aliphatic carbocycles. The maximum absolute atomic E-state index is 11.5. The number of Topliss-reactive ketones (excluding diaryl/α,β-unsaturated/α-hetero) is 1. The number of hydrogen-bond acceptors (Lipinski definition) is 2. The van der Waals surface area contributed by atoms with E-state index in [1.807, 2.05) is 13.8 Å². The van der Waals surface area contributed by atoms with Crippen molar-refractivity contribution in [3.8, 4) is 0 Å². The highest BCUT2D eigenvalue weighted by molar-refractivity contribution is 6.03. The highest BCUT2D eigenvalue weighted by atomic mass is 16.1. The zero-order valence-electron chi connectivity index (χ0n) is 6.64. The Labute approximate surface area is 64.8 Å². The van der Waals surface area contributed by atoms with E-state index in [4.69, 9.17) is 0 Å². The Morgan fingerprint density at radius 1 is 1.64 bits per heavy atom. The van der Waals surface area contributed by atoms with Crippen LogP contribution in [0.1, 0.15) is 29.9 Å². The summed E-state index contributed by atoms with van der Waals surface area (Å²) < 4.78 is 0. The van der Waals surface area contributed by atoms with Crippen LogP contribution in [0.4, 0.5) is 0 Å². The molecule has 1 aliphatic rings. The Hall–Kier alpha value is -1.12. The van der Waals surface area contributed by atoms with E-state index >= 15 is 0 Å². The Kier molecular flexibility index (Phi) is 1.03. The Morgan fingerprint density at radius 3 is 3.00 bits per heavy atom. The predicted octanol–water partition coefficient (Wildman–Crippen LogP) is 1.17. The molecule has 0 saturated heterocycles. The summed E-state index contributed by atoms with van der Waals surface area (Å²) in [6.45, 7) is 3.92. The standard InChI is InChI=1S/C8H10N2O/c1-8(2)3-6-5(7(8)11)4-9-10-6/h4H,3H2,1-2H3,(H,9,10). The van der Waals surface area contributed by atoms with Crippen molar-refractivity contribution < 1.29 is 4.79 Å². The topological polar surface area (TPSA) is 45.8 Å². The minimum atomic E-state index is -0.218. The van der Waals surface area contributed by atoms with E-state index in [1.54, 1.807) is 6.20 Å². The number of rotatable bonds is 0. The molecule has 0 atom stereocenters. The number of carbonyl (C=O) groups excluding carboxylic acids is 1. The number of nitrogens with zero attached hydrogens (tertiary/aromatic N) is 1. The summed E-state index contributed by atoms with van der Waals surface area (Å²) in [5.41, 5.74) is 1.54. The number of ketones is 1. The lowest BCUT2D eigenvalue weighted by molar-refractivity contribution is 0.0862. The summed E-state index contributed by atoms with van der Waals surface area (Å²) in [6, 6.07) is 0. The van der Waals surface area contributed by atoms with Gasteiger partial charge in [-0.1, -0.05) is 13.8 Å². The number of aromatic nitrogens is 2. The minimum Gasteiger partial charge on any atom is -0.293 e. The van der Waals surface area contributed by atoms with Crippen LogP contribution >= 0.6 is 0 Å². The number of carbonyl (C=O) groups is 1. The average molecular weight is 150 g/mol. The van der Waals surface area contributed by atoms with E-state index in [0.29, 0.717) is 0 Å². The first kappa shape index (κ1) is 6.58. The van der Waals surface area contributed by atoms with Crippen molar-refractivity contribution in [2.75, 3.05) is 0 Å². The molecular formula is C8H10N2O. The second kappa shape index (κ2) is 1.72. The number of hydrogen-bond donors (Lipinski definition) is 1. The predicted molar refractivity (Wildman–Crippen MR) is 40.4 cm³/mol. The van der Waals surface area contributed by atoms with Crippen molar-refractivity contribution in [3.63, 3.8) is 0 Å². The van der Waals surface area contributed by atoms with Crippen LogP contribution in [0, 0.1) is 5.41 Å². The molecule has 1 heterocycles. The van der Waals surface area contributed by atoms with Gasteiger partial charge in [-0.15, -0.1) is 0 Å². The molecule has 3 nitrogen and oxygen atoms in total. The van der Waals surface area contributed by atoms with E-state index in [-0.39, 0.29) is 11.2 Å². The largest absolute Gasteiger partial charge is 0.293 e. The molecule has 0 aliphatic heterocycles. The maximum Gasteiger partial charge on any atom is 0.172 e. The van der Waals surface area contributed by atoms with Crippen molar-refractivity contribution in [2.24, 2.45) is 5.41 Å². The summed E-state index contributed by atoms with van der Waals surface area (Å²) in [6.07, 6.45) is 2.41. The fourth-order valence-corrected chi connectivity index (χ4v) is 1.53. The minimum absolute atomic E-state index is 0.209.